The highest BCUT2D eigenvalue weighted by atomic mass is 32.2. The van der Waals surface area contributed by atoms with Gasteiger partial charge >= 0.3 is 6.09 Å². The fraction of sp³-hybridized carbons (Fsp3) is 0.375. The number of aryl methyl sites for hydroxylation is 1. The first kappa shape index (κ1) is 26.2. The molecule has 2 aromatic carbocycles. The molecule has 0 saturated carbocycles. The zero-order valence-corrected chi connectivity index (χ0v) is 20.8. The van der Waals surface area contributed by atoms with Gasteiger partial charge < -0.3 is 15.4 Å². The van der Waals surface area contributed by atoms with Crippen molar-refractivity contribution < 1.29 is 31.7 Å². The molecule has 2 atom stereocenters. The molecule has 1 aliphatic heterocycles. The normalized spacial score (nSPS) is 17.7. The maximum Gasteiger partial charge on any atom is 0.412 e. The molecule has 3 N–H and O–H groups in total. The lowest BCUT2D eigenvalue weighted by Crippen LogP contribution is -2.70. The van der Waals surface area contributed by atoms with Gasteiger partial charge in [-0.05, 0) is 51.5 Å². The smallest absolute Gasteiger partial charge is 0.412 e. The summed E-state index contributed by atoms with van der Waals surface area (Å²) in [4.78, 5) is 36.7. The Morgan fingerprint density at radius 1 is 1.06 bits per heavy atom. The second kappa shape index (κ2) is 10.4. The Morgan fingerprint density at radius 3 is 2.34 bits per heavy atom. The van der Waals surface area contributed by atoms with Crippen molar-refractivity contribution in [3.63, 3.8) is 0 Å². The van der Waals surface area contributed by atoms with E-state index >= 15 is 0 Å². The zero-order valence-electron chi connectivity index (χ0n) is 20.0. The van der Waals surface area contributed by atoms with Crippen LogP contribution in [0.15, 0.2) is 53.4 Å². The number of hydrogen-bond donors (Lipinski definition) is 3. The van der Waals surface area contributed by atoms with Crippen molar-refractivity contribution in [3.8, 4) is 0 Å². The highest BCUT2D eigenvalue weighted by molar-refractivity contribution is 7.86. The van der Waals surface area contributed by atoms with E-state index < -0.39 is 45.7 Å². The molecule has 3 rings (SSSR count). The quantitative estimate of drug-likeness (QED) is 0.371. The standard InChI is InChI=1S/C24H29N3O7S/c1-15-9-11-17(12-10-15)35(31,32)33-14-19-21(22(29)25-19)27-20(28)13-16-7-5-6-8-18(16)26-23(30)34-24(2,3)4/h5-12,19,21H,13-14H2,1-4H3,(H,25,29)(H,26,30)(H,27,28). The van der Waals surface area contributed by atoms with Gasteiger partial charge in [-0.3, -0.25) is 19.1 Å². The molecule has 11 heteroatoms. The predicted octanol–water partition coefficient (Wildman–Crippen LogP) is 2.27. The number of carbonyl (C=O) groups excluding carboxylic acids is 3. The van der Waals surface area contributed by atoms with Gasteiger partial charge in [-0.1, -0.05) is 35.9 Å². The SMILES string of the molecule is Cc1ccc(S(=O)(=O)OCC2NC(=O)C2NC(=O)Cc2ccccc2NC(=O)OC(C)(C)C)cc1. The minimum absolute atomic E-state index is 0.00318. The number of ether oxygens (including phenoxy) is 1. The monoisotopic (exact) mass is 503 g/mol. The molecular weight excluding hydrogens is 474 g/mol. The van der Waals surface area contributed by atoms with Gasteiger partial charge in [-0.15, -0.1) is 0 Å². The minimum Gasteiger partial charge on any atom is -0.444 e. The highest BCUT2D eigenvalue weighted by Gasteiger charge is 2.41. The van der Waals surface area contributed by atoms with Gasteiger partial charge in [0.15, 0.2) is 0 Å². The van der Waals surface area contributed by atoms with Crippen molar-refractivity contribution in [1.29, 1.82) is 0 Å². The fourth-order valence-electron chi connectivity index (χ4n) is 3.29. The van der Waals surface area contributed by atoms with Crippen molar-refractivity contribution >= 4 is 33.7 Å². The van der Waals surface area contributed by atoms with Gasteiger partial charge in [-0.2, -0.15) is 8.42 Å². The average Bonchev–Trinajstić information content (AvgIpc) is 2.75. The van der Waals surface area contributed by atoms with E-state index in [-0.39, 0.29) is 17.9 Å². The van der Waals surface area contributed by atoms with E-state index in [1.807, 2.05) is 6.92 Å². The van der Waals surface area contributed by atoms with Crippen LogP contribution in [0, 0.1) is 6.92 Å². The molecule has 1 saturated heterocycles. The summed E-state index contributed by atoms with van der Waals surface area (Å²) in [5.74, 6) is -0.922. The molecule has 1 aliphatic rings. The first-order valence-electron chi connectivity index (χ1n) is 11.0. The molecule has 0 aromatic heterocycles. The predicted molar refractivity (Wildman–Crippen MR) is 128 cm³/mol. The molecular formula is C24H29N3O7S. The number of β-lactam (4-membered cyclic amide) rings is 1. The summed E-state index contributed by atoms with van der Waals surface area (Å²) in [6.45, 7) is 6.72. The van der Waals surface area contributed by atoms with Crippen LogP contribution in [-0.4, -0.2) is 50.6 Å². The van der Waals surface area contributed by atoms with E-state index in [9.17, 15) is 22.8 Å². The van der Waals surface area contributed by atoms with E-state index in [0.717, 1.165) is 5.56 Å². The number of para-hydroxylation sites is 1. The summed E-state index contributed by atoms with van der Waals surface area (Å²) in [5.41, 5.74) is 1.14. The maximum absolute atomic E-state index is 12.6. The Kier molecular flexibility index (Phi) is 7.81. The van der Waals surface area contributed by atoms with E-state index in [0.29, 0.717) is 11.3 Å². The first-order chi connectivity index (χ1) is 16.3. The van der Waals surface area contributed by atoms with Gasteiger partial charge in [0.2, 0.25) is 11.8 Å². The van der Waals surface area contributed by atoms with Gasteiger partial charge in [0.1, 0.15) is 11.6 Å². The van der Waals surface area contributed by atoms with Crippen molar-refractivity contribution in [2.45, 2.75) is 56.7 Å². The number of nitrogens with one attached hydrogen (secondary N) is 3. The van der Waals surface area contributed by atoms with Crippen LogP contribution in [0.2, 0.25) is 0 Å². The van der Waals surface area contributed by atoms with Crippen LogP contribution in [0.3, 0.4) is 0 Å². The fourth-order valence-corrected chi connectivity index (χ4v) is 4.22. The molecule has 1 heterocycles. The summed E-state index contributed by atoms with van der Waals surface area (Å²) < 4.78 is 35.1. The van der Waals surface area contributed by atoms with Crippen LogP contribution in [0.1, 0.15) is 31.9 Å². The number of anilines is 1. The van der Waals surface area contributed by atoms with Gasteiger partial charge in [0, 0.05) is 5.69 Å². The summed E-state index contributed by atoms with van der Waals surface area (Å²) >= 11 is 0. The lowest BCUT2D eigenvalue weighted by Gasteiger charge is -2.36. The second-order valence-corrected chi connectivity index (χ2v) is 10.8. The van der Waals surface area contributed by atoms with Crippen LogP contribution in [0.4, 0.5) is 10.5 Å². The van der Waals surface area contributed by atoms with E-state index in [4.69, 9.17) is 8.92 Å². The number of hydrogen-bond acceptors (Lipinski definition) is 7. The molecule has 2 aromatic rings. The van der Waals surface area contributed by atoms with Gasteiger partial charge in [0.25, 0.3) is 10.1 Å². The molecule has 10 nitrogen and oxygen atoms in total. The second-order valence-electron chi connectivity index (χ2n) is 9.17. The van der Waals surface area contributed by atoms with E-state index in [2.05, 4.69) is 16.0 Å². The van der Waals surface area contributed by atoms with Crippen LogP contribution < -0.4 is 16.0 Å². The van der Waals surface area contributed by atoms with Gasteiger partial charge in [0.05, 0.1) is 24.0 Å². The third-order valence-corrected chi connectivity index (χ3v) is 6.34. The maximum atomic E-state index is 12.6. The Hall–Kier alpha value is -3.44. The Balaban J connectivity index is 1.57. The molecule has 0 radical (unpaired) electrons. The van der Waals surface area contributed by atoms with Crippen LogP contribution in [0.5, 0.6) is 0 Å². The van der Waals surface area contributed by atoms with Crippen molar-refractivity contribution in [3.05, 3.63) is 59.7 Å². The van der Waals surface area contributed by atoms with E-state index in [1.165, 1.54) is 12.1 Å². The minimum atomic E-state index is -4.01. The molecule has 35 heavy (non-hydrogen) atoms. The van der Waals surface area contributed by atoms with Crippen LogP contribution >= 0.6 is 0 Å². The topological polar surface area (TPSA) is 140 Å². The molecule has 0 bridgehead atoms. The van der Waals surface area contributed by atoms with Crippen molar-refractivity contribution in [2.75, 3.05) is 11.9 Å². The molecule has 3 amide bonds. The Morgan fingerprint density at radius 2 is 1.71 bits per heavy atom. The Labute approximate surface area is 204 Å². The third kappa shape index (κ3) is 7.27. The van der Waals surface area contributed by atoms with E-state index in [1.54, 1.807) is 57.2 Å². The zero-order chi connectivity index (χ0) is 25.8. The lowest BCUT2D eigenvalue weighted by molar-refractivity contribution is -0.136. The molecule has 188 valence electrons. The highest BCUT2D eigenvalue weighted by Crippen LogP contribution is 2.19. The molecule has 0 aliphatic carbocycles. The summed E-state index contributed by atoms with van der Waals surface area (Å²) in [5, 5.41) is 7.76. The molecule has 0 spiro atoms. The number of carbonyl (C=O) groups is 3. The van der Waals surface area contributed by atoms with Crippen LogP contribution in [-0.2, 0) is 35.0 Å². The van der Waals surface area contributed by atoms with Gasteiger partial charge in [-0.25, -0.2) is 4.79 Å². The third-order valence-electron chi connectivity index (χ3n) is 5.05. The summed E-state index contributed by atoms with van der Waals surface area (Å²) in [7, 11) is -4.01. The average molecular weight is 504 g/mol. The lowest BCUT2D eigenvalue weighted by atomic mass is 9.99. The Bertz CT molecular complexity index is 1200. The summed E-state index contributed by atoms with van der Waals surface area (Å²) in [6.07, 6.45) is -0.777. The molecule has 1 fully saturated rings. The summed E-state index contributed by atoms with van der Waals surface area (Å²) in [6, 6.07) is 11.2. The van der Waals surface area contributed by atoms with Crippen molar-refractivity contribution in [1.82, 2.24) is 10.6 Å². The largest absolute Gasteiger partial charge is 0.444 e. The number of amides is 3. The number of rotatable bonds is 8. The van der Waals surface area contributed by atoms with Crippen molar-refractivity contribution in [2.24, 2.45) is 0 Å². The first-order valence-corrected chi connectivity index (χ1v) is 12.4. The molecule has 2 unspecified atom stereocenters. The number of benzene rings is 2. The van der Waals surface area contributed by atoms with Crippen LogP contribution in [0.25, 0.3) is 0 Å².